The predicted molar refractivity (Wildman–Crippen MR) is 92.2 cm³/mol. The van der Waals surface area contributed by atoms with E-state index in [1.54, 1.807) is 12.1 Å². The number of aromatic carboxylic acids is 1. The third-order valence-electron chi connectivity index (χ3n) is 4.55. The molecule has 1 unspecified atom stereocenters. The van der Waals surface area contributed by atoms with Crippen molar-refractivity contribution in [1.82, 2.24) is 4.90 Å². The Morgan fingerprint density at radius 2 is 1.67 bits per heavy atom. The van der Waals surface area contributed by atoms with E-state index in [4.69, 9.17) is 5.11 Å². The summed E-state index contributed by atoms with van der Waals surface area (Å²) in [7, 11) is 0. The van der Waals surface area contributed by atoms with E-state index in [9.17, 15) is 9.59 Å². The summed E-state index contributed by atoms with van der Waals surface area (Å²) in [6.07, 6.45) is 3.13. The van der Waals surface area contributed by atoms with Gasteiger partial charge in [0.05, 0.1) is 5.56 Å². The zero-order chi connectivity index (χ0) is 16.9. The lowest BCUT2D eigenvalue weighted by Gasteiger charge is -2.33. The third-order valence-corrected chi connectivity index (χ3v) is 4.55. The lowest BCUT2D eigenvalue weighted by molar-refractivity contribution is 0.0667. The Morgan fingerprint density at radius 3 is 2.33 bits per heavy atom. The van der Waals surface area contributed by atoms with Gasteiger partial charge in [-0.25, -0.2) is 4.79 Å². The van der Waals surface area contributed by atoms with Crippen molar-refractivity contribution in [2.75, 3.05) is 13.1 Å². The van der Waals surface area contributed by atoms with Crippen LogP contribution in [0.4, 0.5) is 0 Å². The molecule has 24 heavy (non-hydrogen) atoms. The Balaban J connectivity index is 1.65. The number of hydrogen-bond donors (Lipinski definition) is 1. The van der Waals surface area contributed by atoms with Crippen LogP contribution in [0.5, 0.6) is 0 Å². The zero-order valence-electron chi connectivity index (χ0n) is 13.5. The maximum absolute atomic E-state index is 12.7. The molecule has 4 heteroatoms. The maximum Gasteiger partial charge on any atom is 0.335 e. The van der Waals surface area contributed by atoms with Crippen LogP contribution in [0.15, 0.2) is 54.6 Å². The molecule has 0 aliphatic carbocycles. The van der Waals surface area contributed by atoms with E-state index < -0.39 is 5.97 Å². The van der Waals surface area contributed by atoms with Crippen LogP contribution in [0.3, 0.4) is 0 Å². The average Bonchev–Trinajstić information content (AvgIpc) is 2.62. The van der Waals surface area contributed by atoms with Crippen LogP contribution in [0.2, 0.25) is 0 Å². The highest BCUT2D eigenvalue weighted by atomic mass is 16.4. The molecule has 1 heterocycles. The summed E-state index contributed by atoms with van der Waals surface area (Å²) in [5, 5.41) is 8.94. The van der Waals surface area contributed by atoms with Crippen molar-refractivity contribution < 1.29 is 14.7 Å². The molecule has 1 fully saturated rings. The van der Waals surface area contributed by atoms with E-state index in [-0.39, 0.29) is 11.5 Å². The van der Waals surface area contributed by atoms with Crippen molar-refractivity contribution in [1.29, 1.82) is 0 Å². The number of carbonyl (C=O) groups excluding carboxylic acids is 1. The fourth-order valence-corrected chi connectivity index (χ4v) is 3.30. The second-order valence-corrected chi connectivity index (χ2v) is 6.33. The molecule has 2 aromatic rings. The molecule has 0 saturated carbocycles. The predicted octanol–water partition coefficient (Wildman–Crippen LogP) is 3.48. The molecule has 3 rings (SSSR count). The second kappa shape index (κ2) is 7.30. The van der Waals surface area contributed by atoms with Gasteiger partial charge < -0.3 is 10.0 Å². The van der Waals surface area contributed by atoms with Gasteiger partial charge >= 0.3 is 5.97 Å². The van der Waals surface area contributed by atoms with Crippen molar-refractivity contribution >= 4 is 11.9 Å². The minimum Gasteiger partial charge on any atom is -0.478 e. The van der Waals surface area contributed by atoms with Crippen molar-refractivity contribution in [2.24, 2.45) is 5.92 Å². The number of likely N-dealkylation sites (tertiary alicyclic amines) is 1. The average molecular weight is 323 g/mol. The Morgan fingerprint density at radius 1 is 1.00 bits per heavy atom. The third kappa shape index (κ3) is 3.82. The Hall–Kier alpha value is -2.62. The van der Waals surface area contributed by atoms with E-state index in [1.807, 2.05) is 23.1 Å². The van der Waals surface area contributed by atoms with Gasteiger partial charge in [-0.3, -0.25) is 4.79 Å². The summed E-state index contributed by atoms with van der Waals surface area (Å²) in [6, 6.07) is 16.6. The van der Waals surface area contributed by atoms with Gasteiger partial charge in [-0.2, -0.15) is 0 Å². The number of benzene rings is 2. The first-order valence-corrected chi connectivity index (χ1v) is 8.30. The highest BCUT2D eigenvalue weighted by Gasteiger charge is 2.24. The summed E-state index contributed by atoms with van der Waals surface area (Å²) in [4.78, 5) is 25.5. The van der Waals surface area contributed by atoms with Gasteiger partial charge in [0.15, 0.2) is 0 Å². The Labute approximate surface area is 141 Å². The first-order valence-electron chi connectivity index (χ1n) is 8.30. The van der Waals surface area contributed by atoms with Crippen molar-refractivity contribution in [3.8, 4) is 0 Å². The first-order chi connectivity index (χ1) is 11.6. The van der Waals surface area contributed by atoms with E-state index in [0.717, 1.165) is 32.4 Å². The molecule has 0 bridgehead atoms. The molecule has 1 atom stereocenters. The zero-order valence-corrected chi connectivity index (χ0v) is 13.5. The number of nitrogens with zero attached hydrogens (tertiary/aromatic N) is 1. The largest absolute Gasteiger partial charge is 0.478 e. The number of carboxylic acid groups (broad SMARTS) is 1. The van der Waals surface area contributed by atoms with Gasteiger partial charge in [0.2, 0.25) is 0 Å². The number of carbonyl (C=O) groups is 2. The second-order valence-electron chi connectivity index (χ2n) is 6.33. The van der Waals surface area contributed by atoms with Gasteiger partial charge in [-0.05, 0) is 55.0 Å². The van der Waals surface area contributed by atoms with Crippen LogP contribution in [0.1, 0.15) is 39.1 Å². The fraction of sp³-hybridized carbons (Fsp3) is 0.300. The lowest BCUT2D eigenvalue weighted by atomic mass is 9.91. The summed E-state index contributed by atoms with van der Waals surface area (Å²) in [5.41, 5.74) is 2.06. The summed E-state index contributed by atoms with van der Waals surface area (Å²) in [5.74, 6) is -0.511. The number of piperidine rings is 1. The highest BCUT2D eigenvalue weighted by Crippen LogP contribution is 2.22. The number of carboxylic acids is 1. The monoisotopic (exact) mass is 323 g/mol. The molecule has 1 saturated heterocycles. The summed E-state index contributed by atoms with van der Waals surface area (Å²) < 4.78 is 0. The standard InChI is InChI=1S/C20H21NO3/c22-19(17-8-10-18(11-9-17)20(23)24)21-12-4-7-16(14-21)13-15-5-2-1-3-6-15/h1-3,5-6,8-11,16H,4,7,12-14H2,(H,23,24). The quantitative estimate of drug-likeness (QED) is 0.937. The van der Waals surface area contributed by atoms with Gasteiger partial charge in [-0.1, -0.05) is 30.3 Å². The molecule has 2 aromatic carbocycles. The van der Waals surface area contributed by atoms with Crippen LogP contribution in [0, 0.1) is 5.92 Å². The molecule has 1 aliphatic rings. The van der Waals surface area contributed by atoms with Crippen LogP contribution < -0.4 is 0 Å². The minimum absolute atomic E-state index is 0.00954. The SMILES string of the molecule is O=C(O)c1ccc(C(=O)N2CCCC(Cc3ccccc3)C2)cc1. The molecule has 1 aliphatic heterocycles. The van der Waals surface area contributed by atoms with Crippen molar-refractivity contribution in [3.05, 3.63) is 71.3 Å². The Kier molecular flexibility index (Phi) is 4.94. The Bertz CT molecular complexity index is 709. The van der Waals surface area contributed by atoms with Gasteiger partial charge in [-0.15, -0.1) is 0 Å². The number of amides is 1. The van der Waals surface area contributed by atoms with Crippen LogP contribution in [0.25, 0.3) is 0 Å². The molecule has 0 aromatic heterocycles. The smallest absolute Gasteiger partial charge is 0.335 e. The van der Waals surface area contributed by atoms with E-state index in [2.05, 4.69) is 12.1 Å². The van der Waals surface area contributed by atoms with E-state index in [0.29, 0.717) is 11.5 Å². The van der Waals surface area contributed by atoms with Gasteiger partial charge in [0.25, 0.3) is 5.91 Å². The molecule has 1 N–H and O–H groups in total. The minimum atomic E-state index is -0.977. The molecular formula is C20H21NO3. The van der Waals surface area contributed by atoms with Crippen LogP contribution in [-0.2, 0) is 6.42 Å². The number of rotatable bonds is 4. The topological polar surface area (TPSA) is 57.6 Å². The van der Waals surface area contributed by atoms with Crippen molar-refractivity contribution in [3.63, 3.8) is 0 Å². The van der Waals surface area contributed by atoms with Gasteiger partial charge in [0.1, 0.15) is 0 Å². The fourth-order valence-electron chi connectivity index (χ4n) is 3.30. The van der Waals surface area contributed by atoms with Crippen LogP contribution in [-0.4, -0.2) is 35.0 Å². The summed E-state index contributed by atoms with van der Waals surface area (Å²) in [6.45, 7) is 1.53. The van der Waals surface area contributed by atoms with Crippen LogP contribution >= 0.6 is 0 Å². The molecule has 124 valence electrons. The van der Waals surface area contributed by atoms with Crippen molar-refractivity contribution in [2.45, 2.75) is 19.3 Å². The van der Waals surface area contributed by atoms with E-state index in [1.165, 1.54) is 17.7 Å². The molecule has 4 nitrogen and oxygen atoms in total. The molecular weight excluding hydrogens is 302 g/mol. The molecule has 0 spiro atoms. The molecule has 1 amide bonds. The first kappa shape index (κ1) is 16.2. The van der Waals surface area contributed by atoms with E-state index >= 15 is 0 Å². The maximum atomic E-state index is 12.7. The molecule has 0 radical (unpaired) electrons. The number of hydrogen-bond acceptors (Lipinski definition) is 2. The summed E-state index contributed by atoms with van der Waals surface area (Å²) >= 11 is 0. The normalized spacial score (nSPS) is 17.5. The van der Waals surface area contributed by atoms with Gasteiger partial charge in [0, 0.05) is 18.7 Å². The highest BCUT2D eigenvalue weighted by molar-refractivity contribution is 5.96. The lowest BCUT2D eigenvalue weighted by Crippen LogP contribution is -2.40.